The summed E-state index contributed by atoms with van der Waals surface area (Å²) in [7, 11) is 0. The molecule has 2 atom stereocenters. The van der Waals surface area contributed by atoms with E-state index >= 15 is 0 Å². The number of alkyl carbamates (subject to hydrolysis) is 1. The molecule has 0 aromatic carbocycles. The fourth-order valence-corrected chi connectivity index (χ4v) is 4.62. The number of rotatable bonds is 20. The van der Waals surface area contributed by atoms with E-state index in [1.807, 2.05) is 6.08 Å². The number of amides is 2. The summed E-state index contributed by atoms with van der Waals surface area (Å²) in [4.78, 5) is 46.7. The topological polar surface area (TPSA) is 140 Å². The minimum absolute atomic E-state index is 0.0661. The fraction of sp³-hybridized carbons (Fsp3) is 0.457. The van der Waals surface area contributed by atoms with Crippen molar-refractivity contribution >= 4 is 23.2 Å². The molecule has 2 aromatic rings. The van der Waals surface area contributed by atoms with Crippen LogP contribution in [0, 0.1) is 0 Å². The summed E-state index contributed by atoms with van der Waals surface area (Å²) in [6.07, 6.45) is 35.7. The lowest BCUT2D eigenvalue weighted by atomic mass is 10.2. The Morgan fingerprint density at radius 1 is 0.891 bits per heavy atom. The van der Waals surface area contributed by atoms with Gasteiger partial charge in [-0.25, -0.2) is 14.8 Å². The third kappa shape index (κ3) is 14.1. The van der Waals surface area contributed by atoms with Crippen molar-refractivity contribution < 1.29 is 19.1 Å². The molecule has 3 heterocycles. The van der Waals surface area contributed by atoms with Gasteiger partial charge in [0.2, 0.25) is 5.91 Å². The van der Waals surface area contributed by atoms with Crippen molar-refractivity contribution in [2.75, 3.05) is 19.7 Å². The number of aromatic nitrogens is 4. The number of fused-ring (bicyclic) bond motifs is 1. The first-order valence-corrected chi connectivity index (χ1v) is 16.2. The second-order valence-corrected chi connectivity index (χ2v) is 10.7. The van der Waals surface area contributed by atoms with Gasteiger partial charge in [0.25, 0.3) is 5.56 Å². The van der Waals surface area contributed by atoms with Gasteiger partial charge in [-0.2, -0.15) is 0 Å². The monoisotopic (exact) mass is 632 g/mol. The highest BCUT2D eigenvalue weighted by Crippen LogP contribution is 2.29. The van der Waals surface area contributed by atoms with Crippen molar-refractivity contribution in [2.24, 2.45) is 0 Å². The average molecular weight is 633 g/mol. The molecule has 3 N–H and O–H groups in total. The van der Waals surface area contributed by atoms with Crippen LogP contribution in [-0.2, 0) is 14.3 Å². The SMILES string of the molecule is CC/C=C\C/C=C\C/C=C\C/C=C\C/C=C\C/C=C\CCC(=O)NCCNC(=O)OC[C@@H]1CCC(n2cnc3c(=O)[nH]cnc32)O1. The summed E-state index contributed by atoms with van der Waals surface area (Å²) in [5.74, 6) is -0.0661. The average Bonchev–Trinajstić information content (AvgIpc) is 3.71. The highest BCUT2D eigenvalue weighted by molar-refractivity contribution is 5.76. The van der Waals surface area contributed by atoms with Gasteiger partial charge >= 0.3 is 6.09 Å². The van der Waals surface area contributed by atoms with E-state index in [1.165, 1.54) is 12.7 Å². The van der Waals surface area contributed by atoms with Crippen LogP contribution in [0.15, 0.2) is 90.4 Å². The summed E-state index contributed by atoms with van der Waals surface area (Å²) in [5, 5.41) is 5.43. The van der Waals surface area contributed by atoms with Crippen LogP contribution in [0.2, 0.25) is 0 Å². The Kier molecular flexibility index (Phi) is 17.3. The third-order valence-corrected chi connectivity index (χ3v) is 7.01. The van der Waals surface area contributed by atoms with Crippen molar-refractivity contribution in [3.63, 3.8) is 0 Å². The van der Waals surface area contributed by atoms with Crippen molar-refractivity contribution in [2.45, 2.75) is 83.5 Å². The molecule has 2 aromatic heterocycles. The number of nitrogens with zero attached hydrogens (tertiary/aromatic N) is 3. The van der Waals surface area contributed by atoms with Crippen molar-refractivity contribution in [3.8, 4) is 0 Å². The number of hydrogen-bond acceptors (Lipinski definition) is 7. The maximum absolute atomic E-state index is 12.0. The van der Waals surface area contributed by atoms with E-state index < -0.39 is 6.09 Å². The van der Waals surface area contributed by atoms with Crippen LogP contribution in [0.25, 0.3) is 11.2 Å². The van der Waals surface area contributed by atoms with Gasteiger partial charge in [-0.1, -0.05) is 79.8 Å². The molecule has 1 aliphatic rings. The number of H-pyrrole nitrogens is 1. The standard InChI is InChI=1S/C35H48N6O5/c1-2-3-4-5-6-7-8-9-10-11-12-13-14-15-16-17-18-19-20-21-30(42)36-24-25-37-35(44)45-26-29-22-23-31(46-29)41-28-40-32-33(41)38-27-39-34(32)43/h3-4,6-7,9-10,12-13,15-16,18-19,27-29,31H,2,5,8,11,14,17,20-26H2,1H3,(H,36,42)(H,37,44)(H,38,39,43)/b4-3-,7-6-,10-9-,13-12-,16-15-,19-18-/t29-,31?/m0/s1. The maximum atomic E-state index is 12.0. The predicted molar refractivity (Wildman–Crippen MR) is 181 cm³/mol. The van der Waals surface area contributed by atoms with Crippen molar-refractivity contribution in [3.05, 3.63) is 95.9 Å². The molecule has 1 fully saturated rings. The molecule has 1 saturated heterocycles. The fourth-order valence-electron chi connectivity index (χ4n) is 4.62. The Morgan fingerprint density at radius 2 is 1.50 bits per heavy atom. The first-order chi connectivity index (χ1) is 22.6. The Labute approximate surface area is 271 Å². The zero-order chi connectivity index (χ0) is 32.7. The van der Waals surface area contributed by atoms with Gasteiger partial charge in [-0.3, -0.25) is 14.2 Å². The van der Waals surface area contributed by atoms with E-state index in [4.69, 9.17) is 9.47 Å². The predicted octanol–water partition coefficient (Wildman–Crippen LogP) is 6.12. The van der Waals surface area contributed by atoms with Gasteiger partial charge in [-0.15, -0.1) is 0 Å². The number of carbonyl (C=O) groups is 2. The second-order valence-electron chi connectivity index (χ2n) is 10.7. The molecule has 2 amide bonds. The number of ether oxygens (including phenoxy) is 2. The van der Waals surface area contributed by atoms with E-state index in [-0.39, 0.29) is 42.5 Å². The van der Waals surface area contributed by atoms with Crippen LogP contribution < -0.4 is 16.2 Å². The van der Waals surface area contributed by atoms with Crippen LogP contribution in [0.5, 0.6) is 0 Å². The Bertz CT molecular complexity index is 1430. The Balaban J connectivity index is 1.13. The van der Waals surface area contributed by atoms with Crippen LogP contribution in [0.3, 0.4) is 0 Å². The minimum Gasteiger partial charge on any atom is -0.447 e. The van der Waals surface area contributed by atoms with Crippen molar-refractivity contribution in [1.29, 1.82) is 0 Å². The van der Waals surface area contributed by atoms with Gasteiger partial charge in [-0.05, 0) is 57.8 Å². The largest absolute Gasteiger partial charge is 0.447 e. The number of aromatic amines is 1. The maximum Gasteiger partial charge on any atom is 0.407 e. The summed E-state index contributed by atoms with van der Waals surface area (Å²) in [6.45, 7) is 2.82. The summed E-state index contributed by atoms with van der Waals surface area (Å²) in [5.41, 5.74) is 0.401. The Hall–Kier alpha value is -4.51. The van der Waals surface area contributed by atoms with Gasteiger partial charge in [0, 0.05) is 19.5 Å². The lowest BCUT2D eigenvalue weighted by Gasteiger charge is -2.15. The normalized spacial score (nSPS) is 17.2. The van der Waals surface area contributed by atoms with E-state index in [9.17, 15) is 14.4 Å². The van der Waals surface area contributed by atoms with E-state index in [1.54, 1.807) is 4.57 Å². The number of imidazole rings is 1. The molecular weight excluding hydrogens is 584 g/mol. The van der Waals surface area contributed by atoms with Crippen LogP contribution in [0.1, 0.15) is 77.4 Å². The molecule has 3 rings (SSSR count). The lowest BCUT2D eigenvalue weighted by molar-refractivity contribution is -0.120. The molecule has 46 heavy (non-hydrogen) atoms. The molecule has 0 aliphatic carbocycles. The minimum atomic E-state index is -0.569. The van der Waals surface area contributed by atoms with Crippen LogP contribution >= 0.6 is 0 Å². The van der Waals surface area contributed by atoms with Crippen molar-refractivity contribution in [1.82, 2.24) is 30.2 Å². The molecule has 248 valence electrons. The summed E-state index contributed by atoms with van der Waals surface area (Å²) < 4.78 is 13.0. The van der Waals surface area contributed by atoms with Gasteiger partial charge in [0.05, 0.1) is 18.8 Å². The molecule has 1 unspecified atom stereocenters. The van der Waals surface area contributed by atoms with Gasteiger partial charge in [0.1, 0.15) is 12.8 Å². The van der Waals surface area contributed by atoms with E-state index in [2.05, 4.69) is 99.3 Å². The summed E-state index contributed by atoms with van der Waals surface area (Å²) >= 11 is 0. The zero-order valence-electron chi connectivity index (χ0n) is 26.8. The number of hydrogen-bond donors (Lipinski definition) is 3. The Morgan fingerprint density at radius 3 is 2.15 bits per heavy atom. The second kappa shape index (κ2) is 22.1. The molecule has 0 bridgehead atoms. The van der Waals surface area contributed by atoms with E-state index in [0.717, 1.165) is 38.5 Å². The molecule has 11 nitrogen and oxygen atoms in total. The highest BCUT2D eigenvalue weighted by atomic mass is 16.6. The first kappa shape index (κ1) is 36.0. The molecule has 0 radical (unpaired) electrons. The van der Waals surface area contributed by atoms with Crippen LogP contribution in [0.4, 0.5) is 4.79 Å². The molecular formula is C35H48N6O5. The third-order valence-electron chi connectivity index (χ3n) is 7.01. The summed E-state index contributed by atoms with van der Waals surface area (Å²) in [6, 6.07) is 0. The van der Waals surface area contributed by atoms with Crippen LogP contribution in [-0.4, -0.2) is 57.3 Å². The highest BCUT2D eigenvalue weighted by Gasteiger charge is 2.29. The molecule has 0 saturated carbocycles. The zero-order valence-corrected chi connectivity index (χ0v) is 26.8. The van der Waals surface area contributed by atoms with E-state index in [0.29, 0.717) is 37.9 Å². The lowest BCUT2D eigenvalue weighted by Crippen LogP contribution is -2.35. The quantitative estimate of drug-likeness (QED) is 0.118. The number of nitrogens with one attached hydrogen (secondary N) is 3. The van der Waals surface area contributed by atoms with Gasteiger partial charge < -0.3 is 25.1 Å². The first-order valence-electron chi connectivity index (χ1n) is 16.2. The number of allylic oxidation sites excluding steroid dienone is 12. The molecule has 0 spiro atoms. The molecule has 11 heteroatoms. The molecule has 1 aliphatic heterocycles. The number of carbonyl (C=O) groups excluding carboxylic acids is 2. The van der Waals surface area contributed by atoms with Gasteiger partial charge in [0.15, 0.2) is 11.2 Å². The smallest absolute Gasteiger partial charge is 0.407 e.